The number of H-pyrrole nitrogens is 2. The number of nitrogens with zero attached hydrogens (tertiary/aromatic N) is 6. The Hall–Kier alpha value is -4.08. The van der Waals surface area contributed by atoms with E-state index in [1.165, 1.54) is 41.8 Å². The van der Waals surface area contributed by atoms with Crippen LogP contribution in [0.2, 0.25) is 0 Å². The molecule has 9 heteroatoms. The number of anilines is 2. The summed E-state index contributed by atoms with van der Waals surface area (Å²) in [5, 5.41) is 1.10. The van der Waals surface area contributed by atoms with Crippen molar-refractivity contribution in [2.24, 2.45) is 5.92 Å². The van der Waals surface area contributed by atoms with E-state index in [2.05, 4.69) is 107 Å². The zero-order chi connectivity index (χ0) is 31.0. The van der Waals surface area contributed by atoms with Gasteiger partial charge in [0.05, 0.1) is 17.2 Å². The number of hydrogen-bond acceptors (Lipinski definition) is 6. The number of fused-ring (bicyclic) bond motifs is 3. The molecule has 1 saturated carbocycles. The number of aromatic amines is 2. The van der Waals surface area contributed by atoms with Crippen LogP contribution in [0.1, 0.15) is 49.8 Å². The van der Waals surface area contributed by atoms with Gasteiger partial charge in [-0.1, -0.05) is 50.1 Å². The minimum atomic E-state index is 0.000430. The predicted molar refractivity (Wildman–Crippen MR) is 187 cm³/mol. The van der Waals surface area contributed by atoms with Gasteiger partial charge in [-0.3, -0.25) is 14.4 Å². The fourth-order valence-corrected chi connectivity index (χ4v) is 8.16. The van der Waals surface area contributed by atoms with E-state index in [1.807, 2.05) is 6.20 Å². The molecule has 8 rings (SSSR count). The molecule has 3 aromatic heterocycles. The van der Waals surface area contributed by atoms with Crippen LogP contribution in [-0.4, -0.2) is 81.7 Å². The number of para-hydroxylation sites is 1. The molecule has 2 aliphatic heterocycles. The highest BCUT2D eigenvalue weighted by molar-refractivity contribution is 6.03. The normalized spacial score (nSPS) is 21.8. The lowest BCUT2D eigenvalue weighted by molar-refractivity contribution is 0.249. The Morgan fingerprint density at radius 2 is 1.43 bits per heavy atom. The van der Waals surface area contributed by atoms with Gasteiger partial charge in [0.1, 0.15) is 5.65 Å². The lowest BCUT2D eigenvalue weighted by Gasteiger charge is -2.37. The Bertz CT molecular complexity index is 1820. The number of pyridine rings is 1. The van der Waals surface area contributed by atoms with Crippen LogP contribution < -0.4 is 15.5 Å². The van der Waals surface area contributed by atoms with Gasteiger partial charge in [0.15, 0.2) is 0 Å². The van der Waals surface area contributed by atoms with Crippen molar-refractivity contribution in [1.82, 2.24) is 29.3 Å². The van der Waals surface area contributed by atoms with Crippen molar-refractivity contribution in [2.75, 3.05) is 62.2 Å². The zero-order valence-corrected chi connectivity index (χ0v) is 27.0. The maximum absolute atomic E-state index is 13.3. The van der Waals surface area contributed by atoms with Crippen LogP contribution in [0, 0.1) is 5.92 Å². The summed E-state index contributed by atoms with van der Waals surface area (Å²) in [6.45, 7) is 12.5. The van der Waals surface area contributed by atoms with Gasteiger partial charge in [-0.2, -0.15) is 0 Å². The number of piperazine rings is 2. The van der Waals surface area contributed by atoms with E-state index < -0.39 is 0 Å². The highest BCUT2D eigenvalue weighted by Gasteiger charge is 2.28. The summed E-state index contributed by atoms with van der Waals surface area (Å²) in [7, 11) is 0. The first-order chi connectivity index (χ1) is 22.6. The number of nitrogens with one attached hydrogen (secondary N) is 2. The van der Waals surface area contributed by atoms with Gasteiger partial charge in [0, 0.05) is 94.4 Å². The quantitative estimate of drug-likeness (QED) is 0.247. The second kappa shape index (κ2) is 12.6. The van der Waals surface area contributed by atoms with Gasteiger partial charge in [-0.05, 0) is 54.2 Å². The standard InChI is InChI=1S/C37H46N8O/c1-27-7-5-6-10-33(27)45-35-32(40-37(45)46)24-39-36-34(35)29(23-38-36)26-42-17-21-44(22-18-42)31-13-11-28(12-14-31)25-41-15-19-43(20-16-41)30-8-3-2-4-9-30/h2-4,8-9,11-14,23-24,27,33H,5-7,10,15-22,25-26H2,1H3,(H,38,39)(H,40,46)/t27-,33+/m1/s1. The molecule has 2 atom stereocenters. The molecule has 3 fully saturated rings. The summed E-state index contributed by atoms with van der Waals surface area (Å²) < 4.78 is 2.06. The molecular weight excluding hydrogens is 572 g/mol. The molecule has 5 aromatic rings. The summed E-state index contributed by atoms with van der Waals surface area (Å²) in [6, 6.07) is 20.3. The monoisotopic (exact) mass is 618 g/mol. The van der Waals surface area contributed by atoms with Crippen LogP contribution in [0.25, 0.3) is 22.1 Å². The van der Waals surface area contributed by atoms with Crippen LogP contribution in [-0.2, 0) is 13.1 Å². The third-order valence-corrected chi connectivity index (χ3v) is 10.8. The molecule has 1 aliphatic carbocycles. The third-order valence-electron chi connectivity index (χ3n) is 10.8. The molecule has 3 aliphatic rings. The Balaban J connectivity index is 0.900. The second-order valence-corrected chi connectivity index (χ2v) is 13.7. The molecule has 2 aromatic carbocycles. The molecule has 46 heavy (non-hydrogen) atoms. The number of aromatic nitrogens is 4. The summed E-state index contributed by atoms with van der Waals surface area (Å²) >= 11 is 0. The Morgan fingerprint density at radius 3 is 2.13 bits per heavy atom. The van der Waals surface area contributed by atoms with Gasteiger partial charge in [0.25, 0.3) is 0 Å². The summed E-state index contributed by atoms with van der Waals surface area (Å²) in [6.07, 6.45) is 8.60. The Morgan fingerprint density at radius 1 is 0.783 bits per heavy atom. The molecule has 9 nitrogen and oxygen atoms in total. The highest BCUT2D eigenvalue weighted by atomic mass is 16.1. The Labute approximate surface area is 270 Å². The first-order valence-electron chi connectivity index (χ1n) is 17.3. The molecular formula is C37H46N8O. The maximum atomic E-state index is 13.3. The largest absolute Gasteiger partial charge is 0.369 e. The summed E-state index contributed by atoms with van der Waals surface area (Å²) in [5.41, 5.74) is 8.01. The predicted octanol–water partition coefficient (Wildman–Crippen LogP) is 5.60. The summed E-state index contributed by atoms with van der Waals surface area (Å²) in [4.78, 5) is 34.6. The van der Waals surface area contributed by atoms with Gasteiger partial charge < -0.3 is 19.8 Å². The number of imidazole rings is 1. The lowest BCUT2D eigenvalue weighted by atomic mass is 9.85. The molecule has 0 amide bonds. The van der Waals surface area contributed by atoms with Gasteiger partial charge in [-0.15, -0.1) is 0 Å². The van der Waals surface area contributed by atoms with Crippen molar-refractivity contribution in [2.45, 2.75) is 51.7 Å². The van der Waals surface area contributed by atoms with E-state index in [-0.39, 0.29) is 11.7 Å². The van der Waals surface area contributed by atoms with E-state index >= 15 is 0 Å². The topological polar surface area (TPSA) is 79.4 Å². The molecule has 0 bridgehead atoms. The average Bonchev–Trinajstić information content (AvgIpc) is 3.66. The minimum Gasteiger partial charge on any atom is -0.369 e. The first kappa shape index (κ1) is 29.3. The Kier molecular flexibility index (Phi) is 8.04. The van der Waals surface area contributed by atoms with Gasteiger partial charge in [-0.25, -0.2) is 9.78 Å². The fourth-order valence-electron chi connectivity index (χ4n) is 8.16. The number of rotatable bonds is 7. The average molecular weight is 619 g/mol. The van der Waals surface area contributed by atoms with Crippen molar-refractivity contribution < 1.29 is 0 Å². The molecule has 0 unspecified atom stereocenters. The molecule has 240 valence electrons. The smallest absolute Gasteiger partial charge is 0.326 e. The molecule has 2 N–H and O–H groups in total. The zero-order valence-electron chi connectivity index (χ0n) is 27.0. The van der Waals surface area contributed by atoms with E-state index in [9.17, 15) is 4.79 Å². The van der Waals surface area contributed by atoms with Crippen LogP contribution in [0.5, 0.6) is 0 Å². The number of hydrogen-bond donors (Lipinski definition) is 2. The molecule has 0 spiro atoms. The summed E-state index contributed by atoms with van der Waals surface area (Å²) in [5.74, 6) is 0.494. The van der Waals surface area contributed by atoms with Crippen LogP contribution in [0.3, 0.4) is 0 Å². The lowest BCUT2D eigenvalue weighted by Crippen LogP contribution is -2.46. The molecule has 0 radical (unpaired) electrons. The van der Waals surface area contributed by atoms with Gasteiger partial charge >= 0.3 is 5.69 Å². The maximum Gasteiger partial charge on any atom is 0.326 e. The molecule has 2 saturated heterocycles. The molecule has 5 heterocycles. The van der Waals surface area contributed by atoms with Crippen LogP contribution in [0.15, 0.2) is 71.8 Å². The minimum absolute atomic E-state index is 0.000430. The number of benzene rings is 2. The fraction of sp³-hybridized carbons (Fsp3) is 0.459. The van der Waals surface area contributed by atoms with Crippen LogP contribution in [0.4, 0.5) is 11.4 Å². The van der Waals surface area contributed by atoms with E-state index in [0.717, 1.165) is 93.9 Å². The second-order valence-electron chi connectivity index (χ2n) is 13.7. The van der Waals surface area contributed by atoms with E-state index in [0.29, 0.717) is 5.92 Å². The van der Waals surface area contributed by atoms with Crippen molar-refractivity contribution in [3.05, 3.63) is 88.6 Å². The SMILES string of the molecule is C[C@@H]1CCCC[C@@H]1n1c(=O)[nH]c2cnc3[nH]cc(CN4CCN(c5ccc(CN6CCN(c7ccccc7)CC6)cc5)CC4)c3c21. The third kappa shape index (κ3) is 5.71. The van der Waals surface area contributed by atoms with Crippen LogP contribution >= 0.6 is 0 Å². The van der Waals surface area contributed by atoms with E-state index in [1.54, 1.807) is 0 Å². The van der Waals surface area contributed by atoms with Crippen molar-refractivity contribution in [1.29, 1.82) is 0 Å². The van der Waals surface area contributed by atoms with Gasteiger partial charge in [0.2, 0.25) is 0 Å². The van der Waals surface area contributed by atoms with E-state index in [4.69, 9.17) is 0 Å². The first-order valence-corrected chi connectivity index (χ1v) is 17.3. The van der Waals surface area contributed by atoms with Crippen molar-refractivity contribution in [3.8, 4) is 0 Å². The van der Waals surface area contributed by atoms with Crippen molar-refractivity contribution in [3.63, 3.8) is 0 Å². The highest BCUT2D eigenvalue weighted by Crippen LogP contribution is 2.36. The van der Waals surface area contributed by atoms with Crippen molar-refractivity contribution >= 4 is 33.4 Å².